The number of carbonyl (C=O) groups is 1. The molecule has 0 bridgehead atoms. The zero-order valence-electron chi connectivity index (χ0n) is 21.6. The lowest BCUT2D eigenvalue weighted by Crippen LogP contribution is -2.39. The number of hydrogen-bond acceptors (Lipinski definition) is 3. The van der Waals surface area contributed by atoms with E-state index in [0.29, 0.717) is 23.1 Å². The summed E-state index contributed by atoms with van der Waals surface area (Å²) >= 11 is 0. The van der Waals surface area contributed by atoms with Gasteiger partial charge in [0.25, 0.3) is 0 Å². The molecule has 2 aliphatic rings. The first-order chi connectivity index (χ1) is 18.0. The molecule has 3 aromatic carbocycles. The van der Waals surface area contributed by atoms with Crippen molar-refractivity contribution in [3.05, 3.63) is 88.7 Å². The summed E-state index contributed by atoms with van der Waals surface area (Å²) in [6.45, 7) is 5.41. The van der Waals surface area contributed by atoms with E-state index in [2.05, 4.69) is 0 Å². The number of rotatable bonds is 6. The highest BCUT2D eigenvalue weighted by Crippen LogP contribution is 2.61. The Morgan fingerprint density at radius 2 is 1.79 bits per heavy atom. The molecule has 1 unspecified atom stereocenters. The fourth-order valence-corrected chi connectivity index (χ4v) is 5.75. The third-order valence-corrected chi connectivity index (χ3v) is 7.87. The predicted octanol–water partition coefficient (Wildman–Crippen LogP) is 7.91. The van der Waals surface area contributed by atoms with Crippen molar-refractivity contribution >= 4 is 6.09 Å². The summed E-state index contributed by atoms with van der Waals surface area (Å²) in [6, 6.07) is 16.0. The summed E-state index contributed by atoms with van der Waals surface area (Å²) < 4.78 is 67.2. The fourth-order valence-electron chi connectivity index (χ4n) is 5.75. The maximum Gasteiger partial charge on any atom is 0.416 e. The zero-order chi connectivity index (χ0) is 27.4. The van der Waals surface area contributed by atoms with Gasteiger partial charge in [0.05, 0.1) is 24.8 Å². The van der Waals surface area contributed by atoms with Gasteiger partial charge in [-0.15, -0.1) is 0 Å². The molecule has 2 fully saturated rings. The number of ether oxygens (including phenoxy) is 2. The number of carbonyl (C=O) groups excluding carboxylic acids is 1. The summed E-state index contributed by atoms with van der Waals surface area (Å²) in [6.07, 6.45) is -4.92. The Labute approximate surface area is 219 Å². The second-order valence-electron chi connectivity index (χ2n) is 10.4. The maximum atomic E-state index is 14.7. The normalized spacial score (nSPS) is 22.8. The lowest BCUT2D eigenvalue weighted by molar-refractivity contribution is -0.137. The highest BCUT2D eigenvalue weighted by molar-refractivity contribution is 5.77. The monoisotopic (exact) mass is 527 g/mol. The molecule has 1 aliphatic heterocycles. The Hall–Kier alpha value is -3.55. The Kier molecular flexibility index (Phi) is 6.40. The molecule has 3 aromatic rings. The van der Waals surface area contributed by atoms with Crippen LogP contribution in [0.2, 0.25) is 0 Å². The van der Waals surface area contributed by atoms with Crippen LogP contribution in [0.3, 0.4) is 0 Å². The Morgan fingerprint density at radius 1 is 1.08 bits per heavy atom. The molecule has 1 heterocycles. The van der Waals surface area contributed by atoms with Crippen LogP contribution in [0.5, 0.6) is 5.75 Å². The van der Waals surface area contributed by atoms with Crippen molar-refractivity contribution in [3.63, 3.8) is 0 Å². The van der Waals surface area contributed by atoms with Gasteiger partial charge in [0.15, 0.2) is 0 Å². The topological polar surface area (TPSA) is 38.8 Å². The van der Waals surface area contributed by atoms with Crippen molar-refractivity contribution in [1.82, 2.24) is 4.90 Å². The van der Waals surface area contributed by atoms with E-state index in [1.54, 1.807) is 11.0 Å². The van der Waals surface area contributed by atoms with Crippen LogP contribution in [0.1, 0.15) is 61.3 Å². The average molecular weight is 528 g/mol. The molecule has 1 saturated carbocycles. The van der Waals surface area contributed by atoms with Crippen molar-refractivity contribution in [2.24, 2.45) is 0 Å². The molecule has 3 atom stereocenters. The Balaban J connectivity index is 1.63. The molecular formula is C30H29F4NO3. The predicted molar refractivity (Wildman–Crippen MR) is 135 cm³/mol. The molecule has 1 saturated heterocycles. The van der Waals surface area contributed by atoms with Crippen LogP contribution in [0, 0.1) is 5.82 Å². The van der Waals surface area contributed by atoms with E-state index in [9.17, 15) is 22.4 Å². The molecule has 0 aromatic heterocycles. The van der Waals surface area contributed by atoms with Crippen LogP contribution >= 0.6 is 0 Å². The van der Waals surface area contributed by atoms with Crippen molar-refractivity contribution in [3.8, 4) is 16.9 Å². The van der Waals surface area contributed by atoms with Gasteiger partial charge < -0.3 is 9.47 Å². The van der Waals surface area contributed by atoms with E-state index in [0.717, 1.165) is 17.7 Å². The number of benzene rings is 3. The molecule has 4 nitrogen and oxygen atoms in total. The fraction of sp³-hybridized carbons (Fsp3) is 0.367. The van der Waals surface area contributed by atoms with E-state index in [-0.39, 0.29) is 29.7 Å². The minimum atomic E-state index is -4.58. The van der Waals surface area contributed by atoms with Crippen molar-refractivity contribution in [2.75, 3.05) is 7.11 Å². The molecule has 0 radical (unpaired) electrons. The highest BCUT2D eigenvalue weighted by Gasteiger charge is 2.68. The number of amides is 1. The number of halogens is 4. The van der Waals surface area contributed by atoms with Gasteiger partial charge in [-0.05, 0) is 59.7 Å². The van der Waals surface area contributed by atoms with Gasteiger partial charge in [-0.3, -0.25) is 4.90 Å². The first-order valence-corrected chi connectivity index (χ1v) is 12.6. The van der Waals surface area contributed by atoms with E-state index >= 15 is 0 Å². The van der Waals surface area contributed by atoms with Crippen molar-refractivity contribution in [2.45, 2.75) is 63.4 Å². The van der Waals surface area contributed by atoms with E-state index in [1.807, 2.05) is 51.1 Å². The van der Waals surface area contributed by atoms with Crippen molar-refractivity contribution in [1.29, 1.82) is 0 Å². The number of nitrogens with zero attached hydrogens (tertiary/aromatic N) is 1. The largest absolute Gasteiger partial charge is 0.496 e. The molecule has 0 N–H and O–H groups in total. The van der Waals surface area contributed by atoms with Gasteiger partial charge in [0.2, 0.25) is 0 Å². The molecule has 200 valence electrons. The molecule has 1 amide bonds. The molecular weight excluding hydrogens is 498 g/mol. The van der Waals surface area contributed by atoms with Crippen LogP contribution < -0.4 is 4.74 Å². The smallest absolute Gasteiger partial charge is 0.416 e. The van der Waals surface area contributed by atoms with Gasteiger partial charge in [-0.25, -0.2) is 9.18 Å². The quantitative estimate of drug-likeness (QED) is 0.306. The van der Waals surface area contributed by atoms with Crippen LogP contribution in [0.15, 0.2) is 60.7 Å². The molecule has 5 rings (SSSR count). The van der Waals surface area contributed by atoms with Gasteiger partial charge in [0, 0.05) is 17.5 Å². The maximum absolute atomic E-state index is 14.7. The van der Waals surface area contributed by atoms with Crippen LogP contribution in [0.25, 0.3) is 11.1 Å². The summed E-state index contributed by atoms with van der Waals surface area (Å²) in [5.74, 6) is -0.400. The van der Waals surface area contributed by atoms with E-state index < -0.39 is 35.3 Å². The standard InChI is InChI=1S/C30H29F4NO3/c1-17(2)23-13-24(27(37-4)14-26(23)31)22-11-10-21(30(32,33)34)12-20(22)16-35-28(36)38-18(3)29(35)15-25(29)19-8-6-5-7-9-19/h5-14,17-18,25H,15-16H2,1-4H3/t18-,25+,29?/m1/s1. The van der Waals surface area contributed by atoms with Crippen LogP contribution in [-0.2, 0) is 17.5 Å². The van der Waals surface area contributed by atoms with Crippen LogP contribution in [-0.4, -0.2) is 29.7 Å². The molecule has 1 spiro atoms. The minimum Gasteiger partial charge on any atom is -0.496 e. The van der Waals surface area contributed by atoms with Gasteiger partial charge in [-0.1, -0.05) is 50.2 Å². The number of cyclic esters (lactones) is 1. The second kappa shape index (κ2) is 9.33. The Bertz CT molecular complexity index is 1370. The third-order valence-electron chi connectivity index (χ3n) is 7.87. The lowest BCUT2D eigenvalue weighted by atomic mass is 9.91. The molecule has 1 aliphatic carbocycles. The number of alkyl halides is 3. The summed E-state index contributed by atoms with van der Waals surface area (Å²) in [7, 11) is 1.39. The van der Waals surface area contributed by atoms with E-state index in [1.165, 1.54) is 19.2 Å². The van der Waals surface area contributed by atoms with Crippen molar-refractivity contribution < 1.29 is 31.8 Å². The lowest BCUT2D eigenvalue weighted by Gasteiger charge is -2.27. The van der Waals surface area contributed by atoms with Gasteiger partial charge >= 0.3 is 12.3 Å². The summed E-state index contributed by atoms with van der Waals surface area (Å²) in [4.78, 5) is 14.6. The van der Waals surface area contributed by atoms with Gasteiger partial charge in [-0.2, -0.15) is 13.2 Å². The molecule has 8 heteroatoms. The first kappa shape index (κ1) is 26.1. The number of hydrogen-bond donors (Lipinski definition) is 0. The third kappa shape index (κ3) is 4.29. The van der Waals surface area contributed by atoms with Crippen LogP contribution in [0.4, 0.5) is 22.4 Å². The highest BCUT2D eigenvalue weighted by atomic mass is 19.4. The first-order valence-electron chi connectivity index (χ1n) is 12.6. The Morgan fingerprint density at radius 3 is 2.42 bits per heavy atom. The second-order valence-corrected chi connectivity index (χ2v) is 10.4. The molecule has 38 heavy (non-hydrogen) atoms. The average Bonchev–Trinajstić information content (AvgIpc) is 3.58. The number of methoxy groups -OCH3 is 1. The zero-order valence-corrected chi connectivity index (χ0v) is 21.6. The summed E-state index contributed by atoms with van der Waals surface area (Å²) in [5, 5.41) is 0. The minimum absolute atomic E-state index is 0.00676. The SMILES string of the molecule is COc1cc(F)c(C(C)C)cc1-c1ccc(C(F)(F)F)cc1CN1C(=O)O[C@H](C)C12C[C@H]2c1ccccc1. The summed E-state index contributed by atoms with van der Waals surface area (Å²) in [5.41, 5.74) is 1.18. The van der Waals surface area contributed by atoms with Gasteiger partial charge in [0.1, 0.15) is 17.7 Å². The van der Waals surface area contributed by atoms with E-state index in [4.69, 9.17) is 9.47 Å².